The first-order valence-corrected chi connectivity index (χ1v) is 7.70. The lowest BCUT2D eigenvalue weighted by Crippen LogP contribution is -2.17. The van der Waals surface area contributed by atoms with Crippen LogP contribution in [0, 0.1) is 0 Å². The van der Waals surface area contributed by atoms with E-state index in [2.05, 4.69) is 4.90 Å². The van der Waals surface area contributed by atoms with E-state index in [0.717, 1.165) is 18.8 Å². The normalized spacial score (nSPS) is 14.1. The van der Waals surface area contributed by atoms with Gasteiger partial charge >= 0.3 is 0 Å². The summed E-state index contributed by atoms with van der Waals surface area (Å²) in [5.74, 6) is -0.254. The molecule has 0 unspecified atom stereocenters. The molecule has 0 bridgehead atoms. The predicted molar refractivity (Wildman–Crippen MR) is 87.6 cm³/mol. The van der Waals surface area contributed by atoms with Crippen molar-refractivity contribution in [3.8, 4) is 0 Å². The van der Waals surface area contributed by atoms with E-state index in [-0.39, 0.29) is 18.0 Å². The Morgan fingerprint density at radius 2 is 1.32 bits per heavy atom. The monoisotopic (exact) mass is 293 g/mol. The number of rotatable bonds is 5. The Morgan fingerprint density at radius 3 is 1.91 bits per heavy atom. The zero-order valence-corrected chi connectivity index (χ0v) is 12.5. The zero-order chi connectivity index (χ0) is 15.4. The number of hydrogen-bond acceptors (Lipinski definition) is 3. The van der Waals surface area contributed by atoms with E-state index < -0.39 is 0 Å². The lowest BCUT2D eigenvalue weighted by Gasteiger charge is -2.17. The maximum atomic E-state index is 12.2. The number of nitrogens with zero attached hydrogens (tertiary/aromatic N) is 1. The molecule has 0 aromatic heterocycles. The zero-order valence-electron chi connectivity index (χ0n) is 12.5. The summed E-state index contributed by atoms with van der Waals surface area (Å²) in [5, 5.41) is 0. The molecule has 0 amide bonds. The van der Waals surface area contributed by atoms with Crippen LogP contribution in [0.3, 0.4) is 0 Å². The quantitative estimate of drug-likeness (QED) is 0.622. The second-order valence-corrected chi connectivity index (χ2v) is 5.63. The Labute approximate surface area is 130 Å². The van der Waals surface area contributed by atoms with Crippen LogP contribution in [0.15, 0.2) is 54.6 Å². The summed E-state index contributed by atoms with van der Waals surface area (Å²) in [5.41, 5.74) is 2.35. The van der Waals surface area contributed by atoms with Gasteiger partial charge in [-0.05, 0) is 37.1 Å². The van der Waals surface area contributed by atoms with E-state index >= 15 is 0 Å². The minimum absolute atomic E-state index is 0.0763. The fourth-order valence-corrected chi connectivity index (χ4v) is 2.81. The topological polar surface area (TPSA) is 37.4 Å². The molecule has 1 saturated heterocycles. The smallest absolute Gasteiger partial charge is 0.170 e. The Hall–Kier alpha value is -2.42. The highest BCUT2D eigenvalue weighted by Gasteiger charge is 2.15. The van der Waals surface area contributed by atoms with Gasteiger partial charge in [-0.1, -0.05) is 30.3 Å². The number of ketones is 2. The van der Waals surface area contributed by atoms with Crippen molar-refractivity contribution in [1.82, 2.24) is 0 Å². The van der Waals surface area contributed by atoms with Gasteiger partial charge in [0.2, 0.25) is 0 Å². The average Bonchev–Trinajstić information content (AvgIpc) is 3.10. The van der Waals surface area contributed by atoms with E-state index in [1.54, 1.807) is 12.1 Å². The third-order valence-electron chi connectivity index (χ3n) is 4.08. The SMILES string of the molecule is O=C(CC(=O)c1ccc(N2CCCC2)cc1)c1ccccc1. The minimum atomic E-state index is -0.130. The summed E-state index contributed by atoms with van der Waals surface area (Å²) < 4.78 is 0. The minimum Gasteiger partial charge on any atom is -0.372 e. The summed E-state index contributed by atoms with van der Waals surface area (Å²) in [6.07, 6.45) is 2.38. The molecule has 1 aliphatic heterocycles. The van der Waals surface area contributed by atoms with E-state index in [1.807, 2.05) is 42.5 Å². The molecule has 0 radical (unpaired) electrons. The van der Waals surface area contributed by atoms with Crippen LogP contribution < -0.4 is 4.90 Å². The summed E-state index contributed by atoms with van der Waals surface area (Å²) in [4.78, 5) is 26.6. The Bertz CT molecular complexity index is 656. The van der Waals surface area contributed by atoms with Crippen molar-refractivity contribution in [3.05, 3.63) is 65.7 Å². The molecule has 0 atom stereocenters. The van der Waals surface area contributed by atoms with E-state index in [4.69, 9.17) is 0 Å². The predicted octanol–water partition coefficient (Wildman–Crippen LogP) is 3.74. The van der Waals surface area contributed by atoms with Gasteiger partial charge in [-0.25, -0.2) is 0 Å². The standard InChI is InChI=1S/C19H19NO2/c21-18(15-6-2-1-3-7-15)14-19(22)16-8-10-17(11-9-16)20-12-4-5-13-20/h1-3,6-11H,4-5,12-14H2. The van der Waals surface area contributed by atoms with Crippen LogP contribution in [0.1, 0.15) is 40.0 Å². The molecule has 0 saturated carbocycles. The molecule has 1 heterocycles. The molecule has 0 aliphatic carbocycles. The molecule has 112 valence electrons. The van der Waals surface area contributed by atoms with Crippen molar-refractivity contribution < 1.29 is 9.59 Å². The number of Topliss-reactive ketones (excluding diaryl/α,β-unsaturated/α-hetero) is 2. The molecule has 3 rings (SSSR count). The first kappa shape index (κ1) is 14.5. The second-order valence-electron chi connectivity index (χ2n) is 5.63. The van der Waals surface area contributed by atoms with Crippen molar-refractivity contribution in [2.45, 2.75) is 19.3 Å². The fourth-order valence-electron chi connectivity index (χ4n) is 2.81. The molecule has 0 spiro atoms. The van der Waals surface area contributed by atoms with Gasteiger partial charge in [0.25, 0.3) is 0 Å². The summed E-state index contributed by atoms with van der Waals surface area (Å²) in [6, 6.07) is 16.6. The molecule has 1 aliphatic rings. The third-order valence-corrected chi connectivity index (χ3v) is 4.08. The van der Waals surface area contributed by atoms with Crippen molar-refractivity contribution >= 4 is 17.3 Å². The van der Waals surface area contributed by atoms with Gasteiger partial charge in [0.15, 0.2) is 11.6 Å². The summed E-state index contributed by atoms with van der Waals surface area (Å²) in [7, 11) is 0. The fraction of sp³-hybridized carbons (Fsp3) is 0.263. The number of carbonyl (C=O) groups is 2. The number of hydrogen-bond donors (Lipinski definition) is 0. The number of benzene rings is 2. The van der Waals surface area contributed by atoms with E-state index in [9.17, 15) is 9.59 Å². The Kier molecular flexibility index (Phi) is 4.33. The first-order chi connectivity index (χ1) is 10.7. The Balaban J connectivity index is 1.66. The molecule has 3 heteroatoms. The van der Waals surface area contributed by atoms with Crippen LogP contribution in [0.4, 0.5) is 5.69 Å². The van der Waals surface area contributed by atoms with Gasteiger partial charge in [0.1, 0.15) is 0 Å². The Morgan fingerprint density at radius 1 is 0.773 bits per heavy atom. The van der Waals surface area contributed by atoms with Crippen LogP contribution in [0.2, 0.25) is 0 Å². The first-order valence-electron chi connectivity index (χ1n) is 7.70. The third kappa shape index (κ3) is 3.25. The van der Waals surface area contributed by atoms with Crippen molar-refractivity contribution in [1.29, 1.82) is 0 Å². The van der Waals surface area contributed by atoms with Gasteiger partial charge in [-0.15, -0.1) is 0 Å². The van der Waals surface area contributed by atoms with Gasteiger partial charge in [0, 0.05) is 29.9 Å². The van der Waals surface area contributed by atoms with Crippen molar-refractivity contribution in [3.63, 3.8) is 0 Å². The maximum Gasteiger partial charge on any atom is 0.170 e. The van der Waals surface area contributed by atoms with Crippen molar-refractivity contribution in [2.75, 3.05) is 18.0 Å². The largest absolute Gasteiger partial charge is 0.372 e. The highest BCUT2D eigenvalue weighted by molar-refractivity contribution is 6.13. The van der Waals surface area contributed by atoms with Gasteiger partial charge in [-0.3, -0.25) is 9.59 Å². The molecule has 22 heavy (non-hydrogen) atoms. The lowest BCUT2D eigenvalue weighted by molar-refractivity contribution is 0.0894. The van der Waals surface area contributed by atoms with Crippen LogP contribution in [-0.2, 0) is 0 Å². The summed E-state index contributed by atoms with van der Waals surface area (Å²) in [6.45, 7) is 2.17. The van der Waals surface area contributed by atoms with Crippen molar-refractivity contribution in [2.24, 2.45) is 0 Å². The molecular weight excluding hydrogens is 274 g/mol. The molecule has 0 N–H and O–H groups in total. The van der Waals surface area contributed by atoms with E-state index in [1.165, 1.54) is 12.8 Å². The number of anilines is 1. The molecule has 3 nitrogen and oxygen atoms in total. The van der Waals surface area contributed by atoms with Crippen LogP contribution in [-0.4, -0.2) is 24.7 Å². The number of carbonyl (C=O) groups excluding carboxylic acids is 2. The average molecular weight is 293 g/mol. The van der Waals surface area contributed by atoms with E-state index in [0.29, 0.717) is 11.1 Å². The van der Waals surface area contributed by atoms with Gasteiger partial charge < -0.3 is 4.90 Å². The van der Waals surface area contributed by atoms with Crippen LogP contribution >= 0.6 is 0 Å². The van der Waals surface area contributed by atoms with Crippen LogP contribution in [0.25, 0.3) is 0 Å². The second kappa shape index (κ2) is 6.56. The molecule has 2 aromatic carbocycles. The summed E-state index contributed by atoms with van der Waals surface area (Å²) >= 11 is 0. The van der Waals surface area contributed by atoms with Gasteiger partial charge in [-0.2, -0.15) is 0 Å². The maximum absolute atomic E-state index is 12.2. The molecule has 2 aromatic rings. The molecular formula is C19H19NO2. The van der Waals surface area contributed by atoms with Crippen LogP contribution in [0.5, 0.6) is 0 Å². The highest BCUT2D eigenvalue weighted by Crippen LogP contribution is 2.21. The molecule has 1 fully saturated rings. The highest BCUT2D eigenvalue weighted by atomic mass is 16.1. The van der Waals surface area contributed by atoms with Gasteiger partial charge in [0.05, 0.1) is 6.42 Å². The lowest BCUT2D eigenvalue weighted by atomic mass is 10.0.